The Morgan fingerprint density at radius 1 is 1.13 bits per heavy atom. The van der Waals surface area contributed by atoms with Crippen LogP contribution in [0.15, 0.2) is 42.9 Å². The Balaban J connectivity index is 1.15. The van der Waals surface area contributed by atoms with Gasteiger partial charge in [-0.3, -0.25) is 4.79 Å². The minimum Gasteiger partial charge on any atom is -0.380 e. The molecule has 2 aliphatic rings. The molecule has 0 radical (unpaired) electrons. The van der Waals surface area contributed by atoms with Crippen LogP contribution in [-0.2, 0) is 11.3 Å². The molecule has 0 N–H and O–H groups in total. The molecule has 4 heterocycles. The number of rotatable bonds is 6. The first-order valence-electron chi connectivity index (χ1n) is 10.1. The first kappa shape index (κ1) is 18.7. The van der Waals surface area contributed by atoms with Crippen molar-refractivity contribution < 1.29 is 9.53 Å². The summed E-state index contributed by atoms with van der Waals surface area (Å²) < 4.78 is 7.26. The van der Waals surface area contributed by atoms with Crippen LogP contribution in [-0.4, -0.2) is 80.2 Å². The molecule has 10 nitrogen and oxygen atoms in total. The van der Waals surface area contributed by atoms with E-state index in [1.165, 1.54) is 0 Å². The highest BCUT2D eigenvalue weighted by molar-refractivity contribution is 5.95. The van der Waals surface area contributed by atoms with Gasteiger partial charge < -0.3 is 14.5 Å². The number of benzene rings is 1. The third-order valence-corrected chi connectivity index (χ3v) is 5.81. The number of nitrogens with zero attached hydrogens (tertiary/aromatic N) is 8. The smallest absolute Gasteiger partial charge is 0.254 e. The molecule has 2 aromatic heterocycles. The summed E-state index contributed by atoms with van der Waals surface area (Å²) in [6, 6.07) is 8.02. The highest BCUT2D eigenvalue weighted by Crippen LogP contribution is 2.25. The number of amides is 1. The Kier molecular flexibility index (Phi) is 4.91. The molecule has 1 amide bonds. The molecular formula is C20H24N8O2. The zero-order chi connectivity index (χ0) is 20.5. The fourth-order valence-corrected chi connectivity index (χ4v) is 3.98. The molecule has 0 spiro atoms. The van der Waals surface area contributed by atoms with Gasteiger partial charge in [-0.15, -0.1) is 5.10 Å². The number of hydrogen-bond donors (Lipinski definition) is 0. The first-order chi connectivity index (χ1) is 14.7. The van der Waals surface area contributed by atoms with E-state index >= 15 is 0 Å². The molecule has 30 heavy (non-hydrogen) atoms. The molecule has 1 atom stereocenters. The average molecular weight is 408 g/mol. The largest absolute Gasteiger partial charge is 0.380 e. The molecule has 0 aliphatic carbocycles. The van der Waals surface area contributed by atoms with Gasteiger partial charge in [0.25, 0.3) is 5.91 Å². The van der Waals surface area contributed by atoms with E-state index in [9.17, 15) is 4.79 Å². The Labute approximate surface area is 174 Å². The minimum atomic E-state index is 0.0510. The molecule has 1 aromatic carbocycles. The summed E-state index contributed by atoms with van der Waals surface area (Å²) in [7, 11) is 1.76. The van der Waals surface area contributed by atoms with Crippen LogP contribution in [0.25, 0.3) is 0 Å². The summed E-state index contributed by atoms with van der Waals surface area (Å²) in [5, 5.41) is 16.5. The van der Waals surface area contributed by atoms with E-state index in [0.717, 1.165) is 30.9 Å². The summed E-state index contributed by atoms with van der Waals surface area (Å²) in [5.41, 5.74) is 2.64. The van der Waals surface area contributed by atoms with Crippen molar-refractivity contribution in [3.63, 3.8) is 0 Å². The van der Waals surface area contributed by atoms with E-state index < -0.39 is 0 Å². The lowest BCUT2D eigenvalue weighted by Crippen LogP contribution is -2.50. The summed E-state index contributed by atoms with van der Waals surface area (Å²) in [4.78, 5) is 18.5. The second kappa shape index (κ2) is 7.86. The second-order valence-corrected chi connectivity index (χ2v) is 7.75. The van der Waals surface area contributed by atoms with E-state index in [2.05, 4.69) is 25.4 Å². The number of anilines is 1. The van der Waals surface area contributed by atoms with Gasteiger partial charge in [0.2, 0.25) is 0 Å². The van der Waals surface area contributed by atoms with Crippen LogP contribution in [0.3, 0.4) is 0 Å². The van der Waals surface area contributed by atoms with Gasteiger partial charge in [-0.1, -0.05) is 5.21 Å². The lowest BCUT2D eigenvalue weighted by atomic mass is 10.1. The summed E-state index contributed by atoms with van der Waals surface area (Å²) in [6.07, 6.45) is 6.49. The molecule has 0 saturated carbocycles. The summed E-state index contributed by atoms with van der Waals surface area (Å²) in [5.74, 6) is 0.0510. The number of carbonyl (C=O) groups is 1. The molecule has 2 fully saturated rings. The maximum absolute atomic E-state index is 12.8. The maximum atomic E-state index is 12.8. The number of hydrogen-bond acceptors (Lipinski definition) is 7. The number of ether oxygens (including phenoxy) is 1. The van der Waals surface area contributed by atoms with Crippen LogP contribution in [0, 0.1) is 0 Å². The van der Waals surface area contributed by atoms with Crippen LogP contribution >= 0.6 is 0 Å². The average Bonchev–Trinajstić information content (AvgIpc) is 3.50. The Hall–Kier alpha value is -3.27. The van der Waals surface area contributed by atoms with Crippen molar-refractivity contribution in [3.05, 3.63) is 54.1 Å². The topological polar surface area (TPSA) is 94.2 Å². The predicted molar refractivity (Wildman–Crippen MR) is 108 cm³/mol. The third-order valence-electron chi connectivity index (χ3n) is 5.81. The molecule has 5 rings (SSSR count). The summed E-state index contributed by atoms with van der Waals surface area (Å²) >= 11 is 0. The second-order valence-electron chi connectivity index (χ2n) is 7.75. The van der Waals surface area contributed by atoms with Crippen LogP contribution in [0.5, 0.6) is 0 Å². The number of carbonyl (C=O) groups excluding carboxylic acids is 1. The van der Waals surface area contributed by atoms with E-state index in [4.69, 9.17) is 4.74 Å². The Morgan fingerprint density at radius 3 is 2.60 bits per heavy atom. The minimum absolute atomic E-state index is 0.0510. The molecule has 10 heteroatoms. The molecule has 2 aliphatic heterocycles. The van der Waals surface area contributed by atoms with Crippen molar-refractivity contribution in [3.8, 4) is 0 Å². The highest BCUT2D eigenvalue weighted by atomic mass is 16.5. The third kappa shape index (κ3) is 3.65. The zero-order valence-electron chi connectivity index (χ0n) is 16.8. The van der Waals surface area contributed by atoms with Crippen LogP contribution in [0.4, 0.5) is 5.69 Å². The molecule has 2 saturated heterocycles. The highest BCUT2D eigenvalue weighted by Gasteiger charge is 2.33. The van der Waals surface area contributed by atoms with Gasteiger partial charge in [0.15, 0.2) is 0 Å². The zero-order valence-corrected chi connectivity index (χ0v) is 16.8. The molecule has 1 unspecified atom stereocenters. The molecule has 3 aromatic rings. The van der Waals surface area contributed by atoms with Crippen LogP contribution in [0.2, 0.25) is 0 Å². The Bertz CT molecular complexity index is 994. The monoisotopic (exact) mass is 408 g/mol. The van der Waals surface area contributed by atoms with E-state index in [-0.39, 0.29) is 18.1 Å². The van der Waals surface area contributed by atoms with Gasteiger partial charge in [-0.05, 0) is 30.7 Å². The SMILES string of the molecule is COC1CCN(c2ccc(C(=O)N3CC(n4cc(Cn5nccn5)nn4)C3)cc2)C1. The number of likely N-dealkylation sites (tertiary alicyclic amines) is 1. The quantitative estimate of drug-likeness (QED) is 0.597. The standard InChI is InChI=1S/C20H24N8O2/c1-30-19-6-9-25(14-19)17-4-2-15(3-5-17)20(29)26-12-18(13-26)27-10-16(23-24-27)11-28-21-7-8-22-28/h2-5,7-8,10,18-19H,6,9,11-14H2,1H3. The van der Waals surface area contributed by atoms with Crippen LogP contribution < -0.4 is 4.90 Å². The van der Waals surface area contributed by atoms with Crippen molar-refractivity contribution in [2.75, 3.05) is 38.2 Å². The lowest BCUT2D eigenvalue weighted by Gasteiger charge is -2.38. The predicted octanol–water partition coefficient (Wildman–Crippen LogP) is 0.840. The van der Waals surface area contributed by atoms with E-state index in [1.54, 1.807) is 24.3 Å². The van der Waals surface area contributed by atoms with Gasteiger partial charge in [0.1, 0.15) is 12.2 Å². The fourth-order valence-electron chi connectivity index (χ4n) is 3.98. The first-order valence-corrected chi connectivity index (χ1v) is 10.1. The van der Waals surface area contributed by atoms with Crippen molar-refractivity contribution in [1.82, 2.24) is 34.9 Å². The van der Waals surface area contributed by atoms with Crippen molar-refractivity contribution in [2.24, 2.45) is 0 Å². The van der Waals surface area contributed by atoms with Gasteiger partial charge in [0, 0.05) is 44.5 Å². The molecule has 0 bridgehead atoms. The molecule has 156 valence electrons. The van der Waals surface area contributed by atoms with Gasteiger partial charge in [-0.2, -0.15) is 15.0 Å². The number of methoxy groups -OCH3 is 1. The fraction of sp³-hybridized carbons (Fsp3) is 0.450. The van der Waals surface area contributed by atoms with Gasteiger partial charge in [-0.25, -0.2) is 4.68 Å². The Morgan fingerprint density at radius 2 is 1.90 bits per heavy atom. The van der Waals surface area contributed by atoms with E-state index in [1.807, 2.05) is 40.0 Å². The number of aromatic nitrogens is 6. The lowest BCUT2D eigenvalue weighted by molar-refractivity contribution is 0.0498. The maximum Gasteiger partial charge on any atom is 0.254 e. The molecular weight excluding hydrogens is 384 g/mol. The van der Waals surface area contributed by atoms with Gasteiger partial charge >= 0.3 is 0 Å². The van der Waals surface area contributed by atoms with Crippen molar-refractivity contribution in [1.29, 1.82) is 0 Å². The van der Waals surface area contributed by atoms with Crippen molar-refractivity contribution in [2.45, 2.75) is 25.1 Å². The summed E-state index contributed by atoms with van der Waals surface area (Å²) in [6.45, 7) is 3.62. The van der Waals surface area contributed by atoms with Gasteiger partial charge in [0.05, 0.1) is 30.7 Å². The normalized spacial score (nSPS) is 19.3. The van der Waals surface area contributed by atoms with Crippen molar-refractivity contribution >= 4 is 11.6 Å². The van der Waals surface area contributed by atoms with Crippen LogP contribution in [0.1, 0.15) is 28.5 Å². The van der Waals surface area contributed by atoms with E-state index in [0.29, 0.717) is 25.2 Å².